The molecule has 366 valence electrons. The Morgan fingerprint density at radius 1 is 0.859 bits per heavy atom. The average molecular weight is 1020 g/mol. The number of pyridine rings is 1. The zero-order valence-corrected chi connectivity index (χ0v) is 41.9. The number of hydrogen-bond acceptors (Lipinski definition) is 13. The van der Waals surface area contributed by atoms with Crippen LogP contribution < -0.4 is 25.3 Å². The van der Waals surface area contributed by atoms with Gasteiger partial charge in [-0.05, 0) is 55.2 Å². The van der Waals surface area contributed by atoms with Crippen LogP contribution in [0, 0.1) is 0 Å². The zero-order chi connectivity index (χ0) is 50.0. The molecule has 0 saturated carbocycles. The Morgan fingerprint density at radius 2 is 1.46 bits per heavy atom. The number of oxime groups is 1. The summed E-state index contributed by atoms with van der Waals surface area (Å²) >= 11 is 9.57. The molecule has 1 saturated heterocycles. The lowest BCUT2D eigenvalue weighted by Gasteiger charge is -2.49. The summed E-state index contributed by atoms with van der Waals surface area (Å²) in [6, 6.07) is 41.5. The van der Waals surface area contributed by atoms with Crippen molar-refractivity contribution in [2.75, 3.05) is 31.3 Å². The molecule has 0 radical (unpaired) electrons. The number of β-lactam (4-membered cyclic amide) rings is 1. The monoisotopic (exact) mass is 1010 g/mol. The number of esters is 1. The predicted molar refractivity (Wildman–Crippen MR) is 273 cm³/mol. The van der Waals surface area contributed by atoms with Crippen LogP contribution in [0.4, 0.5) is 9.93 Å². The van der Waals surface area contributed by atoms with Crippen LogP contribution in [-0.4, -0.2) is 82.5 Å². The van der Waals surface area contributed by atoms with Gasteiger partial charge in [-0.1, -0.05) is 137 Å². The van der Waals surface area contributed by atoms with Crippen LogP contribution >= 0.6 is 34.7 Å². The van der Waals surface area contributed by atoms with E-state index >= 15 is 0 Å². The number of carbonyl (C=O) groups is 4. The van der Waals surface area contributed by atoms with Crippen LogP contribution in [0.15, 0.2) is 162 Å². The number of benzene rings is 4. The van der Waals surface area contributed by atoms with E-state index in [1.807, 2.05) is 126 Å². The average Bonchev–Trinajstić information content (AvgIpc) is 3.75. The largest absolute Gasteiger partial charge is 0.497 e. The lowest BCUT2D eigenvalue weighted by atomic mass is 9.77. The Morgan fingerprint density at radius 3 is 2.06 bits per heavy atom. The molecule has 4 aromatic carbocycles. The topological polar surface area (TPSA) is 174 Å². The highest BCUT2D eigenvalue weighted by Crippen LogP contribution is 2.43. The van der Waals surface area contributed by atoms with Gasteiger partial charge in [0, 0.05) is 36.4 Å². The number of halogens is 1. The number of ether oxygens (including phenoxy) is 3. The first-order valence-corrected chi connectivity index (χ1v) is 25.1. The number of thioether (sulfide) groups is 1. The van der Waals surface area contributed by atoms with Gasteiger partial charge in [0.05, 0.1) is 7.11 Å². The van der Waals surface area contributed by atoms with Gasteiger partial charge in [-0.2, -0.15) is 0 Å². The second kappa shape index (κ2) is 22.7. The van der Waals surface area contributed by atoms with Crippen LogP contribution in [0.1, 0.15) is 55.1 Å². The standard InChI is InChI=1S/C53H52ClN7O8S2/c1-52(2,3)69-51(65)55-28-17-31-68-59-42(41-45(54)71-50(57-41)58-53(37-18-9-5-10-19-37,38-20-11-6-12-21-38)39-22-13-7-14-23-39)46(62)56-43-47(63)61-44(49(64)67-33-35-24-26-40(66-4)27-25-35)36(34-70-48(43)61)32-60-29-15-8-16-30-60/h5-16,18-27,29-30,43,48H,17,28,31-34H2,1-4H3,(H2-,55,56,57,58,62,65)/p+1/b59-42-/t43-,48-/m1/s1. The fourth-order valence-electron chi connectivity index (χ4n) is 8.09. The fraction of sp³-hybridized carbons (Fsp3) is 0.264. The van der Waals surface area contributed by atoms with Crippen molar-refractivity contribution in [3.05, 3.63) is 189 Å². The van der Waals surface area contributed by atoms with Gasteiger partial charge < -0.3 is 35.0 Å². The molecule has 2 aliphatic rings. The summed E-state index contributed by atoms with van der Waals surface area (Å²) < 4.78 is 18.5. The van der Waals surface area contributed by atoms with E-state index in [1.54, 1.807) is 52.1 Å². The molecular weight excluding hydrogens is 962 g/mol. The Balaban J connectivity index is 1.07. The molecule has 0 unspecified atom stereocenters. The van der Waals surface area contributed by atoms with E-state index in [9.17, 15) is 19.2 Å². The molecule has 8 rings (SSSR count). The van der Waals surface area contributed by atoms with Crippen LogP contribution in [-0.2, 0) is 47.4 Å². The maximum atomic E-state index is 14.6. The lowest BCUT2D eigenvalue weighted by Crippen LogP contribution is -2.71. The molecule has 15 nitrogen and oxygen atoms in total. The Bertz CT molecular complexity index is 2790. The highest BCUT2D eigenvalue weighted by Gasteiger charge is 2.55. The molecule has 4 heterocycles. The number of thiazole rings is 1. The first kappa shape index (κ1) is 50.2. The minimum atomic E-state index is -1.07. The number of nitrogens with zero attached hydrogens (tertiary/aromatic N) is 4. The number of carbonyl (C=O) groups excluding carboxylic acids is 4. The Hall–Kier alpha value is -7.21. The number of methoxy groups -OCH3 is 1. The first-order chi connectivity index (χ1) is 34.3. The molecule has 3 amide bonds. The molecule has 6 aromatic rings. The molecule has 0 spiro atoms. The molecule has 3 N–H and O–H groups in total. The van der Waals surface area contributed by atoms with E-state index in [0.717, 1.165) is 33.6 Å². The molecule has 2 atom stereocenters. The predicted octanol–water partition coefficient (Wildman–Crippen LogP) is 8.23. The molecule has 71 heavy (non-hydrogen) atoms. The minimum Gasteiger partial charge on any atom is -0.497 e. The van der Waals surface area contributed by atoms with Crippen molar-refractivity contribution in [3.63, 3.8) is 0 Å². The van der Waals surface area contributed by atoms with Gasteiger partial charge in [-0.3, -0.25) is 14.5 Å². The number of aromatic nitrogens is 2. The number of hydrogen-bond donors (Lipinski definition) is 3. The Labute approximate surface area is 425 Å². The van der Waals surface area contributed by atoms with Crippen molar-refractivity contribution >= 4 is 69.4 Å². The SMILES string of the molecule is COc1ccc(COC(=O)C2=C(C[n+]3ccccc3)CS[C@@H]3[C@H](NC(=O)/C(=N\OCCCNC(=O)OC(C)(C)C)c4nc(NC(c5ccccc5)(c5ccccc5)c5ccccc5)sc4Cl)C(=O)N23)cc1. The van der Waals surface area contributed by atoms with Gasteiger partial charge in [-0.15, -0.1) is 11.8 Å². The molecule has 0 aliphatic carbocycles. The fourth-order valence-corrected chi connectivity index (χ4v) is 10.5. The number of nitrogens with one attached hydrogen (secondary N) is 3. The number of amides is 3. The highest BCUT2D eigenvalue weighted by molar-refractivity contribution is 8.00. The van der Waals surface area contributed by atoms with Crippen molar-refractivity contribution in [2.24, 2.45) is 5.16 Å². The van der Waals surface area contributed by atoms with E-state index in [4.69, 9.17) is 35.6 Å². The van der Waals surface area contributed by atoms with Gasteiger partial charge in [-0.25, -0.2) is 19.1 Å². The summed E-state index contributed by atoms with van der Waals surface area (Å²) in [6.45, 7) is 5.79. The van der Waals surface area contributed by atoms with Crippen molar-refractivity contribution in [1.82, 2.24) is 20.5 Å². The zero-order valence-electron chi connectivity index (χ0n) is 39.5. The maximum absolute atomic E-state index is 14.6. The smallest absolute Gasteiger partial charge is 0.407 e. The quantitative estimate of drug-likeness (QED) is 0.0136. The molecule has 18 heteroatoms. The minimum absolute atomic E-state index is 0.0106. The summed E-state index contributed by atoms with van der Waals surface area (Å²) in [6.07, 6.45) is 3.48. The molecular formula is C53H53ClN7O8S2+. The Kier molecular flexibility index (Phi) is 16.0. The van der Waals surface area contributed by atoms with E-state index in [1.165, 1.54) is 16.7 Å². The summed E-state index contributed by atoms with van der Waals surface area (Å²) in [5, 5.41) is 13.2. The molecule has 1 fully saturated rings. The van der Waals surface area contributed by atoms with Gasteiger partial charge in [0.1, 0.15) is 57.2 Å². The van der Waals surface area contributed by atoms with Crippen molar-refractivity contribution in [3.8, 4) is 5.75 Å². The van der Waals surface area contributed by atoms with E-state index in [-0.39, 0.29) is 41.2 Å². The van der Waals surface area contributed by atoms with Crippen molar-refractivity contribution in [1.29, 1.82) is 0 Å². The van der Waals surface area contributed by atoms with Gasteiger partial charge in [0.15, 0.2) is 29.8 Å². The summed E-state index contributed by atoms with van der Waals surface area (Å²) in [7, 11) is 1.57. The van der Waals surface area contributed by atoms with Crippen LogP contribution in [0.3, 0.4) is 0 Å². The molecule has 2 aromatic heterocycles. The maximum Gasteiger partial charge on any atom is 0.407 e. The van der Waals surface area contributed by atoms with Crippen molar-refractivity contribution in [2.45, 2.75) is 62.9 Å². The van der Waals surface area contributed by atoms with Gasteiger partial charge in [0.2, 0.25) is 0 Å². The highest BCUT2D eigenvalue weighted by atomic mass is 35.5. The second-order valence-electron chi connectivity index (χ2n) is 17.5. The van der Waals surface area contributed by atoms with Crippen LogP contribution in [0.25, 0.3) is 0 Å². The van der Waals surface area contributed by atoms with Gasteiger partial charge >= 0.3 is 12.1 Å². The normalized spacial score (nSPS) is 15.8. The molecule has 2 aliphatic heterocycles. The lowest BCUT2D eigenvalue weighted by molar-refractivity contribution is -0.689. The summed E-state index contributed by atoms with van der Waals surface area (Å²) in [4.78, 5) is 67.3. The number of fused-ring (bicyclic) bond motifs is 1. The summed E-state index contributed by atoms with van der Waals surface area (Å²) in [5.41, 5.74) is 2.38. The second-order valence-corrected chi connectivity index (χ2v) is 20.2. The number of rotatable bonds is 19. The number of anilines is 1. The van der Waals surface area contributed by atoms with E-state index in [0.29, 0.717) is 35.2 Å². The third-order valence-electron chi connectivity index (χ3n) is 11.4. The van der Waals surface area contributed by atoms with E-state index in [2.05, 4.69) is 21.1 Å². The first-order valence-electron chi connectivity index (χ1n) is 22.8. The summed E-state index contributed by atoms with van der Waals surface area (Å²) in [5.74, 6) is -0.932. The van der Waals surface area contributed by atoms with E-state index < -0.39 is 46.4 Å². The third-order valence-corrected chi connectivity index (χ3v) is 13.9. The third kappa shape index (κ3) is 11.9. The number of alkyl carbamates (subject to hydrolysis) is 1. The van der Waals surface area contributed by atoms with Gasteiger partial charge in [0.25, 0.3) is 11.8 Å². The van der Waals surface area contributed by atoms with Crippen LogP contribution in [0.2, 0.25) is 4.34 Å². The van der Waals surface area contributed by atoms with Crippen LogP contribution in [0.5, 0.6) is 5.75 Å². The van der Waals surface area contributed by atoms with Crippen molar-refractivity contribution < 1.29 is 42.8 Å². The molecule has 0 bridgehead atoms.